The molecule has 96 valence electrons. The van der Waals surface area contributed by atoms with Gasteiger partial charge in [-0.1, -0.05) is 6.07 Å². The van der Waals surface area contributed by atoms with E-state index in [4.69, 9.17) is 10.00 Å². The predicted octanol–water partition coefficient (Wildman–Crippen LogP) is 1.65. The van der Waals surface area contributed by atoms with Crippen molar-refractivity contribution in [3.8, 4) is 11.8 Å². The van der Waals surface area contributed by atoms with Gasteiger partial charge in [-0.25, -0.2) is 9.97 Å². The molecule has 0 aliphatic heterocycles. The predicted molar refractivity (Wildman–Crippen MR) is 70.3 cm³/mol. The van der Waals surface area contributed by atoms with Crippen LogP contribution in [0, 0.1) is 11.3 Å². The van der Waals surface area contributed by atoms with Gasteiger partial charge in [0.15, 0.2) is 0 Å². The van der Waals surface area contributed by atoms with E-state index in [0.717, 1.165) is 11.3 Å². The topological polar surface area (TPSA) is 70.8 Å². The highest BCUT2D eigenvalue weighted by Crippen LogP contribution is 2.18. The first-order valence-corrected chi connectivity index (χ1v) is 5.86. The zero-order valence-electron chi connectivity index (χ0n) is 10.6. The van der Waals surface area contributed by atoms with Crippen LogP contribution in [0.5, 0.6) is 5.75 Å². The molecule has 1 heterocycles. The Morgan fingerprint density at radius 1 is 1.32 bits per heavy atom. The van der Waals surface area contributed by atoms with Crippen LogP contribution in [-0.4, -0.2) is 17.1 Å². The van der Waals surface area contributed by atoms with E-state index in [1.165, 1.54) is 6.33 Å². The van der Waals surface area contributed by atoms with Crippen molar-refractivity contribution in [3.05, 3.63) is 53.6 Å². The van der Waals surface area contributed by atoms with Crippen LogP contribution in [-0.2, 0) is 13.1 Å². The van der Waals surface area contributed by atoms with Crippen molar-refractivity contribution in [2.24, 2.45) is 0 Å². The minimum Gasteiger partial charge on any atom is -0.495 e. The number of benzene rings is 1. The summed E-state index contributed by atoms with van der Waals surface area (Å²) in [6.45, 7) is 1.33. The van der Waals surface area contributed by atoms with Crippen molar-refractivity contribution in [1.29, 1.82) is 5.26 Å². The number of hydrogen-bond acceptors (Lipinski definition) is 5. The fraction of sp³-hybridized carbons (Fsp3) is 0.214. The Bertz CT molecular complexity index is 578. The number of nitrogens with one attached hydrogen (secondary N) is 1. The van der Waals surface area contributed by atoms with E-state index >= 15 is 0 Å². The Morgan fingerprint density at radius 3 is 2.89 bits per heavy atom. The highest BCUT2D eigenvalue weighted by atomic mass is 16.5. The standard InChI is InChI=1S/C14H14N4O/c1-19-14-3-2-11(6-12(14)7-15)8-17-9-13-4-5-16-10-18-13/h2-6,10,17H,8-9H2,1H3. The minimum atomic E-state index is 0.545. The molecule has 2 rings (SSSR count). The van der Waals surface area contributed by atoms with Gasteiger partial charge in [0, 0.05) is 19.3 Å². The van der Waals surface area contributed by atoms with Gasteiger partial charge >= 0.3 is 0 Å². The van der Waals surface area contributed by atoms with Crippen LogP contribution in [0.4, 0.5) is 0 Å². The van der Waals surface area contributed by atoms with Gasteiger partial charge in [-0.2, -0.15) is 5.26 Å². The van der Waals surface area contributed by atoms with Crippen molar-refractivity contribution < 1.29 is 4.74 Å². The third-order valence-corrected chi connectivity index (χ3v) is 2.66. The molecule has 0 bridgehead atoms. The van der Waals surface area contributed by atoms with Crippen LogP contribution in [0.25, 0.3) is 0 Å². The van der Waals surface area contributed by atoms with Gasteiger partial charge in [-0.15, -0.1) is 0 Å². The summed E-state index contributed by atoms with van der Waals surface area (Å²) in [5.41, 5.74) is 2.51. The largest absolute Gasteiger partial charge is 0.495 e. The zero-order valence-corrected chi connectivity index (χ0v) is 10.6. The summed E-state index contributed by atoms with van der Waals surface area (Å²) in [6, 6.07) is 9.55. The minimum absolute atomic E-state index is 0.545. The molecule has 0 saturated heterocycles. The van der Waals surface area contributed by atoms with E-state index in [-0.39, 0.29) is 0 Å². The maximum absolute atomic E-state index is 9.01. The molecule has 0 spiro atoms. The average Bonchev–Trinajstić information content (AvgIpc) is 2.48. The maximum atomic E-state index is 9.01. The second kappa shape index (κ2) is 6.47. The summed E-state index contributed by atoms with van der Waals surface area (Å²) in [4.78, 5) is 7.99. The molecule has 2 aromatic rings. The van der Waals surface area contributed by atoms with Crippen molar-refractivity contribution >= 4 is 0 Å². The lowest BCUT2D eigenvalue weighted by Gasteiger charge is -2.07. The van der Waals surface area contributed by atoms with E-state index in [0.29, 0.717) is 24.4 Å². The first kappa shape index (κ1) is 13.0. The molecule has 1 aromatic heterocycles. The molecule has 0 saturated carbocycles. The van der Waals surface area contributed by atoms with E-state index < -0.39 is 0 Å². The Hall–Kier alpha value is -2.45. The molecule has 5 heteroatoms. The Morgan fingerprint density at radius 2 is 2.21 bits per heavy atom. The fourth-order valence-corrected chi connectivity index (χ4v) is 1.71. The van der Waals surface area contributed by atoms with Gasteiger partial charge in [-0.3, -0.25) is 0 Å². The number of nitriles is 1. The summed E-state index contributed by atoms with van der Waals surface area (Å²) in [5, 5.41) is 12.3. The highest BCUT2D eigenvalue weighted by Gasteiger charge is 2.03. The molecular formula is C14H14N4O. The van der Waals surface area contributed by atoms with E-state index in [2.05, 4.69) is 21.4 Å². The van der Waals surface area contributed by atoms with E-state index in [1.54, 1.807) is 19.4 Å². The van der Waals surface area contributed by atoms with Crippen LogP contribution in [0.15, 0.2) is 36.8 Å². The fourth-order valence-electron chi connectivity index (χ4n) is 1.71. The first-order chi connectivity index (χ1) is 9.33. The molecule has 0 aliphatic rings. The van der Waals surface area contributed by atoms with Gasteiger partial charge in [0.25, 0.3) is 0 Å². The lowest BCUT2D eigenvalue weighted by Crippen LogP contribution is -2.13. The highest BCUT2D eigenvalue weighted by molar-refractivity contribution is 5.45. The van der Waals surface area contributed by atoms with Gasteiger partial charge in [0.05, 0.1) is 18.4 Å². The number of rotatable bonds is 5. The van der Waals surface area contributed by atoms with E-state index in [9.17, 15) is 0 Å². The number of methoxy groups -OCH3 is 1. The SMILES string of the molecule is COc1ccc(CNCc2ccncn2)cc1C#N. The second-order valence-electron chi connectivity index (χ2n) is 3.95. The Kier molecular flexibility index (Phi) is 4.43. The monoisotopic (exact) mass is 254 g/mol. The van der Waals surface area contributed by atoms with Crippen molar-refractivity contribution in [3.63, 3.8) is 0 Å². The Balaban J connectivity index is 1.95. The lowest BCUT2D eigenvalue weighted by atomic mass is 10.1. The van der Waals surface area contributed by atoms with Crippen LogP contribution >= 0.6 is 0 Å². The molecule has 0 unspecified atom stereocenters. The van der Waals surface area contributed by atoms with Crippen molar-refractivity contribution in [2.75, 3.05) is 7.11 Å². The smallest absolute Gasteiger partial charge is 0.136 e. The summed E-state index contributed by atoms with van der Waals surface area (Å²) in [5.74, 6) is 0.599. The normalized spacial score (nSPS) is 9.89. The maximum Gasteiger partial charge on any atom is 0.136 e. The van der Waals surface area contributed by atoms with Gasteiger partial charge in [0.1, 0.15) is 18.1 Å². The molecule has 1 N–H and O–H groups in total. The molecule has 0 atom stereocenters. The summed E-state index contributed by atoms with van der Waals surface area (Å²) >= 11 is 0. The number of ether oxygens (including phenoxy) is 1. The number of hydrogen-bond donors (Lipinski definition) is 1. The van der Waals surface area contributed by atoms with Gasteiger partial charge < -0.3 is 10.1 Å². The van der Waals surface area contributed by atoms with Gasteiger partial charge in [0.2, 0.25) is 0 Å². The molecule has 5 nitrogen and oxygen atoms in total. The quantitative estimate of drug-likeness (QED) is 0.878. The van der Waals surface area contributed by atoms with Crippen molar-refractivity contribution in [1.82, 2.24) is 15.3 Å². The summed E-state index contributed by atoms with van der Waals surface area (Å²) in [7, 11) is 1.56. The third kappa shape index (κ3) is 3.50. The van der Waals surface area contributed by atoms with Crippen LogP contribution in [0.2, 0.25) is 0 Å². The first-order valence-electron chi connectivity index (χ1n) is 5.86. The average molecular weight is 254 g/mol. The van der Waals surface area contributed by atoms with E-state index in [1.807, 2.05) is 18.2 Å². The summed E-state index contributed by atoms with van der Waals surface area (Å²) < 4.78 is 5.11. The molecule has 1 aromatic carbocycles. The lowest BCUT2D eigenvalue weighted by molar-refractivity contribution is 0.413. The number of nitrogens with zero attached hydrogens (tertiary/aromatic N) is 3. The Labute approximate surface area is 111 Å². The molecule has 19 heavy (non-hydrogen) atoms. The second-order valence-corrected chi connectivity index (χ2v) is 3.95. The van der Waals surface area contributed by atoms with Crippen LogP contribution < -0.4 is 10.1 Å². The number of aromatic nitrogens is 2. The molecule has 0 radical (unpaired) electrons. The van der Waals surface area contributed by atoms with Crippen LogP contribution in [0.3, 0.4) is 0 Å². The molecule has 0 fully saturated rings. The third-order valence-electron chi connectivity index (χ3n) is 2.66. The zero-order chi connectivity index (χ0) is 13.5. The molecule has 0 amide bonds. The van der Waals surface area contributed by atoms with Crippen LogP contribution in [0.1, 0.15) is 16.8 Å². The summed E-state index contributed by atoms with van der Waals surface area (Å²) in [6.07, 6.45) is 3.24. The molecular weight excluding hydrogens is 240 g/mol. The van der Waals surface area contributed by atoms with Gasteiger partial charge in [-0.05, 0) is 23.8 Å². The molecule has 0 aliphatic carbocycles. The van der Waals surface area contributed by atoms with Crippen molar-refractivity contribution in [2.45, 2.75) is 13.1 Å².